The lowest BCUT2D eigenvalue weighted by molar-refractivity contribution is 0.262. The number of carbonyl (C=O) groups excluding carboxylic acids is 1. The average molecular weight is 414 g/mol. The summed E-state index contributed by atoms with van der Waals surface area (Å²) in [5, 5.41) is 13.8. The molecule has 0 saturated carbocycles. The van der Waals surface area contributed by atoms with Crippen LogP contribution in [-0.2, 0) is 6.42 Å². The van der Waals surface area contributed by atoms with E-state index in [0.29, 0.717) is 35.3 Å². The summed E-state index contributed by atoms with van der Waals surface area (Å²) in [5.74, 6) is 1.66. The van der Waals surface area contributed by atoms with Gasteiger partial charge in [-0.25, -0.2) is 4.79 Å². The molecule has 0 bridgehead atoms. The van der Waals surface area contributed by atoms with Crippen molar-refractivity contribution in [3.8, 4) is 17.2 Å². The third-order valence-electron chi connectivity index (χ3n) is 4.66. The fourth-order valence-corrected chi connectivity index (χ4v) is 3.01. The predicted molar refractivity (Wildman–Crippen MR) is 119 cm³/mol. The van der Waals surface area contributed by atoms with Gasteiger partial charge in [-0.3, -0.25) is 0 Å². The minimum atomic E-state index is -0.348. The van der Waals surface area contributed by atoms with Crippen molar-refractivity contribution in [1.29, 1.82) is 0 Å². The molecular formula is C24H22N4O3. The zero-order valence-corrected chi connectivity index (χ0v) is 17.3. The highest BCUT2D eigenvalue weighted by molar-refractivity contribution is 5.99. The van der Waals surface area contributed by atoms with E-state index < -0.39 is 0 Å². The smallest absolute Gasteiger partial charge is 0.323 e. The Morgan fingerprint density at radius 3 is 2.42 bits per heavy atom. The summed E-state index contributed by atoms with van der Waals surface area (Å²) in [7, 11) is 1.58. The van der Waals surface area contributed by atoms with E-state index in [1.54, 1.807) is 37.4 Å². The largest absolute Gasteiger partial charge is 0.497 e. The van der Waals surface area contributed by atoms with Gasteiger partial charge in [-0.05, 0) is 48.9 Å². The van der Waals surface area contributed by atoms with Gasteiger partial charge < -0.3 is 19.8 Å². The zero-order valence-electron chi connectivity index (χ0n) is 17.3. The van der Waals surface area contributed by atoms with E-state index in [4.69, 9.17) is 9.15 Å². The van der Waals surface area contributed by atoms with Crippen LogP contribution in [0.2, 0.25) is 0 Å². The minimum absolute atomic E-state index is 0.348. The first kappa shape index (κ1) is 20.2. The van der Waals surface area contributed by atoms with Crippen LogP contribution in [0.3, 0.4) is 0 Å². The Kier molecular flexibility index (Phi) is 5.93. The highest BCUT2D eigenvalue weighted by Crippen LogP contribution is 2.22. The Balaban J connectivity index is 1.37. The molecule has 31 heavy (non-hydrogen) atoms. The van der Waals surface area contributed by atoms with Crippen LogP contribution in [0.15, 0.2) is 77.2 Å². The van der Waals surface area contributed by atoms with E-state index in [1.807, 2.05) is 18.2 Å². The molecule has 0 spiro atoms. The van der Waals surface area contributed by atoms with Crippen molar-refractivity contribution in [2.75, 3.05) is 17.7 Å². The van der Waals surface area contributed by atoms with Crippen molar-refractivity contribution < 1.29 is 13.9 Å². The van der Waals surface area contributed by atoms with Crippen molar-refractivity contribution in [3.05, 3.63) is 89.8 Å². The Morgan fingerprint density at radius 2 is 1.68 bits per heavy atom. The molecule has 0 aliphatic rings. The number of aryl methyl sites for hydroxylation is 1. The molecular weight excluding hydrogens is 392 g/mol. The molecule has 156 valence electrons. The van der Waals surface area contributed by atoms with Crippen molar-refractivity contribution in [3.63, 3.8) is 0 Å². The third kappa shape index (κ3) is 5.27. The lowest BCUT2D eigenvalue weighted by Gasteiger charge is -2.09. The molecule has 0 aliphatic heterocycles. The van der Waals surface area contributed by atoms with Crippen LogP contribution in [0.4, 0.5) is 16.2 Å². The minimum Gasteiger partial charge on any atom is -0.497 e. The van der Waals surface area contributed by atoms with Crippen LogP contribution in [0.25, 0.3) is 11.5 Å². The van der Waals surface area contributed by atoms with E-state index in [-0.39, 0.29) is 6.03 Å². The van der Waals surface area contributed by atoms with E-state index in [1.165, 1.54) is 5.56 Å². The van der Waals surface area contributed by atoms with E-state index in [0.717, 1.165) is 11.1 Å². The van der Waals surface area contributed by atoms with E-state index in [2.05, 4.69) is 52.0 Å². The number of rotatable bonds is 6. The quantitative estimate of drug-likeness (QED) is 0.448. The number of urea groups is 1. The standard InChI is InChI=1S/C24H22N4O3/c1-16-6-8-17(9-7-16)14-22-27-28-23(31-22)18-10-12-19(13-11-18)25-24(29)26-20-4-3-5-21(15-20)30-2/h3-13,15H,14H2,1-2H3,(H2,25,26,29). The molecule has 1 heterocycles. The van der Waals surface area contributed by atoms with Gasteiger partial charge in [0.05, 0.1) is 13.5 Å². The fourth-order valence-electron chi connectivity index (χ4n) is 3.01. The van der Waals surface area contributed by atoms with E-state index >= 15 is 0 Å². The van der Waals surface area contributed by atoms with Gasteiger partial charge in [0, 0.05) is 23.0 Å². The second-order valence-corrected chi connectivity index (χ2v) is 7.05. The molecule has 0 aliphatic carbocycles. The highest BCUT2D eigenvalue weighted by atomic mass is 16.5. The summed E-state index contributed by atoms with van der Waals surface area (Å²) in [4.78, 5) is 12.2. The molecule has 0 unspecified atom stereocenters. The Bertz CT molecular complexity index is 1170. The van der Waals surface area contributed by atoms with Gasteiger partial charge in [0.1, 0.15) is 5.75 Å². The number of amides is 2. The Labute approximate surface area is 180 Å². The van der Waals surface area contributed by atoms with Gasteiger partial charge in [0.15, 0.2) is 0 Å². The van der Waals surface area contributed by atoms with Crippen LogP contribution in [0.5, 0.6) is 5.75 Å². The number of hydrogen-bond acceptors (Lipinski definition) is 5. The maximum Gasteiger partial charge on any atom is 0.323 e. The van der Waals surface area contributed by atoms with Gasteiger partial charge >= 0.3 is 6.03 Å². The maximum absolute atomic E-state index is 12.2. The Morgan fingerprint density at radius 1 is 0.935 bits per heavy atom. The zero-order chi connectivity index (χ0) is 21.6. The predicted octanol–water partition coefficient (Wildman–Crippen LogP) is 5.29. The Hall–Kier alpha value is -4.13. The molecule has 7 nitrogen and oxygen atoms in total. The molecule has 0 atom stereocenters. The first-order chi connectivity index (χ1) is 15.1. The number of methoxy groups -OCH3 is 1. The van der Waals surface area contributed by atoms with E-state index in [9.17, 15) is 4.79 Å². The number of aromatic nitrogens is 2. The van der Waals surface area contributed by atoms with Gasteiger partial charge in [-0.15, -0.1) is 10.2 Å². The molecule has 7 heteroatoms. The maximum atomic E-state index is 12.2. The van der Waals surface area contributed by atoms with Crippen molar-refractivity contribution >= 4 is 17.4 Å². The third-order valence-corrected chi connectivity index (χ3v) is 4.66. The number of carbonyl (C=O) groups is 1. The van der Waals surface area contributed by atoms with Crippen LogP contribution >= 0.6 is 0 Å². The van der Waals surface area contributed by atoms with Gasteiger partial charge in [0.25, 0.3) is 0 Å². The summed E-state index contributed by atoms with van der Waals surface area (Å²) in [5.41, 5.74) is 4.38. The van der Waals surface area contributed by atoms with Crippen LogP contribution in [0, 0.1) is 6.92 Å². The summed E-state index contributed by atoms with van der Waals surface area (Å²) in [6, 6.07) is 22.2. The normalized spacial score (nSPS) is 10.5. The molecule has 1 aromatic heterocycles. The fraction of sp³-hybridized carbons (Fsp3) is 0.125. The first-order valence-electron chi connectivity index (χ1n) is 9.79. The molecule has 2 amide bonds. The number of hydrogen-bond donors (Lipinski definition) is 2. The van der Waals surface area contributed by atoms with Crippen LogP contribution < -0.4 is 15.4 Å². The van der Waals surface area contributed by atoms with Gasteiger partial charge in [0.2, 0.25) is 11.8 Å². The number of benzene rings is 3. The number of ether oxygens (including phenoxy) is 1. The lowest BCUT2D eigenvalue weighted by atomic mass is 10.1. The monoisotopic (exact) mass is 414 g/mol. The summed E-state index contributed by atoms with van der Waals surface area (Å²) >= 11 is 0. The molecule has 0 fully saturated rings. The molecule has 4 rings (SSSR count). The molecule has 0 saturated heterocycles. The summed E-state index contributed by atoms with van der Waals surface area (Å²) in [6.07, 6.45) is 0.581. The lowest BCUT2D eigenvalue weighted by Crippen LogP contribution is -2.19. The van der Waals surface area contributed by atoms with Crippen molar-refractivity contribution in [1.82, 2.24) is 10.2 Å². The summed E-state index contributed by atoms with van der Waals surface area (Å²) < 4.78 is 10.9. The second kappa shape index (κ2) is 9.13. The van der Waals surface area contributed by atoms with Gasteiger partial charge in [-0.1, -0.05) is 35.9 Å². The number of nitrogens with one attached hydrogen (secondary N) is 2. The molecule has 2 N–H and O–H groups in total. The topological polar surface area (TPSA) is 89.3 Å². The van der Waals surface area contributed by atoms with Crippen molar-refractivity contribution in [2.24, 2.45) is 0 Å². The average Bonchev–Trinajstić information content (AvgIpc) is 3.24. The first-order valence-corrected chi connectivity index (χ1v) is 9.79. The highest BCUT2D eigenvalue weighted by Gasteiger charge is 2.10. The number of anilines is 2. The van der Waals surface area contributed by atoms with Crippen LogP contribution in [0.1, 0.15) is 17.0 Å². The number of nitrogens with zero attached hydrogens (tertiary/aromatic N) is 2. The molecule has 0 radical (unpaired) electrons. The summed E-state index contributed by atoms with van der Waals surface area (Å²) in [6.45, 7) is 2.05. The SMILES string of the molecule is COc1cccc(NC(=O)Nc2ccc(-c3nnc(Cc4ccc(C)cc4)o3)cc2)c1. The molecule has 3 aromatic carbocycles. The van der Waals surface area contributed by atoms with Gasteiger partial charge in [-0.2, -0.15) is 0 Å². The van der Waals surface area contributed by atoms with Crippen LogP contribution in [-0.4, -0.2) is 23.3 Å². The van der Waals surface area contributed by atoms with Crippen molar-refractivity contribution in [2.45, 2.75) is 13.3 Å². The second-order valence-electron chi connectivity index (χ2n) is 7.05. The molecule has 4 aromatic rings.